The third kappa shape index (κ3) is 3.21. The maximum Gasteiger partial charge on any atom is 0.127 e. The molecular weight excluding hydrogens is 290 g/mol. The van der Waals surface area contributed by atoms with Crippen molar-refractivity contribution >= 4 is 23.5 Å². The molecule has 1 fully saturated rings. The molecule has 20 heavy (non-hydrogen) atoms. The van der Waals surface area contributed by atoms with Gasteiger partial charge in [0.2, 0.25) is 0 Å². The second kappa shape index (κ2) is 7.48. The molecule has 2 rings (SSSR count). The minimum Gasteiger partial charge on any atom is -0.496 e. The summed E-state index contributed by atoms with van der Waals surface area (Å²) in [6, 6.07) is 5.79. The zero-order valence-corrected chi connectivity index (χ0v) is 13.9. The molecule has 1 aromatic carbocycles. The first kappa shape index (κ1) is 15.9. The molecule has 0 aromatic heterocycles. The fourth-order valence-corrected chi connectivity index (χ4v) is 5.80. The maximum atomic E-state index is 6.59. The Labute approximate surface area is 130 Å². The summed E-state index contributed by atoms with van der Waals surface area (Å²) in [5.41, 5.74) is 7.59. The fourth-order valence-electron chi connectivity index (χ4n) is 2.64. The molecule has 1 saturated heterocycles. The quantitative estimate of drug-likeness (QED) is 0.903. The van der Waals surface area contributed by atoms with E-state index in [1.807, 2.05) is 41.7 Å². The van der Waals surface area contributed by atoms with Crippen molar-refractivity contribution in [2.24, 2.45) is 5.73 Å². The number of hydrogen-bond acceptors (Lipinski definition) is 5. The van der Waals surface area contributed by atoms with Gasteiger partial charge in [-0.15, -0.1) is 0 Å². The summed E-state index contributed by atoms with van der Waals surface area (Å²) in [5, 5.41) is 1.00. The Balaban J connectivity index is 2.33. The molecule has 1 heterocycles. The minimum absolute atomic E-state index is 0.0659. The second-order valence-corrected chi connectivity index (χ2v) is 7.39. The number of thioether (sulfide) groups is 2. The zero-order chi connectivity index (χ0) is 14.5. The Bertz CT molecular complexity index is 420. The van der Waals surface area contributed by atoms with Crippen molar-refractivity contribution in [1.29, 1.82) is 0 Å². The third-order valence-corrected chi connectivity index (χ3v) is 7.02. The molecule has 0 radical (unpaired) electrons. The molecule has 1 aliphatic rings. The molecule has 0 amide bonds. The molecule has 0 spiro atoms. The molecule has 0 aliphatic carbocycles. The van der Waals surface area contributed by atoms with Gasteiger partial charge < -0.3 is 15.2 Å². The summed E-state index contributed by atoms with van der Waals surface area (Å²) in [7, 11) is 3.37. The lowest BCUT2D eigenvalue weighted by Gasteiger charge is -2.35. The number of methoxy groups -OCH3 is 2. The van der Waals surface area contributed by atoms with E-state index < -0.39 is 0 Å². The predicted octanol–water partition coefficient (Wildman–Crippen LogP) is 3.33. The van der Waals surface area contributed by atoms with E-state index in [9.17, 15) is 0 Å². The van der Waals surface area contributed by atoms with E-state index in [0.717, 1.165) is 29.2 Å². The van der Waals surface area contributed by atoms with Crippen molar-refractivity contribution in [3.05, 3.63) is 23.8 Å². The standard InChI is InChI=1S/C15H23NO2S2/c1-4-12-15(20-9-8-19-12)14(16)13-10(17-2)6-5-7-11(13)18-3/h5-7,12,14-15H,4,8-9,16H2,1-3H3. The predicted molar refractivity (Wildman–Crippen MR) is 89.3 cm³/mol. The van der Waals surface area contributed by atoms with Gasteiger partial charge in [-0.05, 0) is 18.6 Å². The van der Waals surface area contributed by atoms with E-state index in [0.29, 0.717) is 10.5 Å². The number of rotatable bonds is 5. The Kier molecular flexibility index (Phi) is 5.93. The van der Waals surface area contributed by atoms with Crippen LogP contribution in [0.2, 0.25) is 0 Å². The van der Waals surface area contributed by atoms with Gasteiger partial charge in [0.25, 0.3) is 0 Å². The van der Waals surface area contributed by atoms with E-state index >= 15 is 0 Å². The van der Waals surface area contributed by atoms with Gasteiger partial charge >= 0.3 is 0 Å². The van der Waals surface area contributed by atoms with Crippen molar-refractivity contribution in [2.75, 3.05) is 25.7 Å². The second-order valence-electron chi connectivity index (χ2n) is 4.75. The SMILES string of the molecule is CCC1SCCSC1C(N)c1c(OC)cccc1OC. The molecule has 0 bridgehead atoms. The lowest BCUT2D eigenvalue weighted by atomic mass is 9.99. The van der Waals surface area contributed by atoms with Crippen LogP contribution in [0.25, 0.3) is 0 Å². The summed E-state index contributed by atoms with van der Waals surface area (Å²) in [4.78, 5) is 0. The van der Waals surface area contributed by atoms with E-state index in [-0.39, 0.29) is 6.04 Å². The molecule has 3 nitrogen and oxygen atoms in total. The van der Waals surface area contributed by atoms with Crippen molar-refractivity contribution in [3.63, 3.8) is 0 Å². The molecule has 2 N–H and O–H groups in total. The number of nitrogens with two attached hydrogens (primary N) is 1. The Hall–Kier alpha value is -0.520. The van der Waals surface area contributed by atoms with Gasteiger partial charge in [0.15, 0.2) is 0 Å². The minimum atomic E-state index is -0.0659. The average molecular weight is 313 g/mol. The summed E-state index contributed by atoms with van der Waals surface area (Å²) >= 11 is 4.02. The highest BCUT2D eigenvalue weighted by atomic mass is 32.2. The molecule has 0 saturated carbocycles. The van der Waals surface area contributed by atoms with E-state index in [2.05, 4.69) is 6.92 Å². The average Bonchev–Trinajstić information content (AvgIpc) is 2.53. The number of benzene rings is 1. The van der Waals surface area contributed by atoms with Gasteiger partial charge in [-0.1, -0.05) is 13.0 Å². The molecule has 3 unspecified atom stereocenters. The van der Waals surface area contributed by atoms with Gasteiger partial charge in [-0.25, -0.2) is 0 Å². The van der Waals surface area contributed by atoms with Crippen molar-refractivity contribution in [2.45, 2.75) is 29.9 Å². The Morgan fingerprint density at radius 3 is 2.35 bits per heavy atom. The number of hydrogen-bond donors (Lipinski definition) is 1. The van der Waals surface area contributed by atoms with Gasteiger partial charge in [0, 0.05) is 22.0 Å². The molecule has 1 aromatic rings. The van der Waals surface area contributed by atoms with Crippen LogP contribution in [0.5, 0.6) is 11.5 Å². The first-order chi connectivity index (χ1) is 9.72. The fraction of sp³-hybridized carbons (Fsp3) is 0.600. The van der Waals surface area contributed by atoms with E-state index in [4.69, 9.17) is 15.2 Å². The Morgan fingerprint density at radius 1 is 1.20 bits per heavy atom. The first-order valence-corrected chi connectivity index (χ1v) is 9.02. The van der Waals surface area contributed by atoms with Crippen molar-refractivity contribution < 1.29 is 9.47 Å². The van der Waals surface area contributed by atoms with Gasteiger partial charge in [0.1, 0.15) is 11.5 Å². The summed E-state index contributed by atoms with van der Waals surface area (Å²) in [6.45, 7) is 2.24. The number of ether oxygens (including phenoxy) is 2. The van der Waals surface area contributed by atoms with Crippen LogP contribution in [0.15, 0.2) is 18.2 Å². The molecule has 5 heteroatoms. The van der Waals surface area contributed by atoms with Crippen LogP contribution in [0.4, 0.5) is 0 Å². The van der Waals surface area contributed by atoms with Crippen LogP contribution in [-0.2, 0) is 0 Å². The third-order valence-electron chi connectivity index (χ3n) is 3.65. The van der Waals surface area contributed by atoms with Crippen LogP contribution >= 0.6 is 23.5 Å². The Morgan fingerprint density at radius 2 is 1.80 bits per heavy atom. The smallest absolute Gasteiger partial charge is 0.127 e. The van der Waals surface area contributed by atoms with Gasteiger partial charge in [-0.2, -0.15) is 23.5 Å². The summed E-state index contributed by atoms with van der Waals surface area (Å²) in [5.74, 6) is 4.03. The maximum absolute atomic E-state index is 6.59. The summed E-state index contributed by atoms with van der Waals surface area (Å²) < 4.78 is 11.0. The van der Waals surface area contributed by atoms with Crippen LogP contribution in [-0.4, -0.2) is 36.2 Å². The highest BCUT2D eigenvalue weighted by Crippen LogP contribution is 2.43. The molecular formula is C15H23NO2S2. The lowest BCUT2D eigenvalue weighted by molar-refractivity contribution is 0.377. The van der Waals surface area contributed by atoms with E-state index in [1.54, 1.807) is 14.2 Å². The zero-order valence-electron chi connectivity index (χ0n) is 12.3. The van der Waals surface area contributed by atoms with Crippen molar-refractivity contribution in [1.82, 2.24) is 0 Å². The largest absolute Gasteiger partial charge is 0.496 e. The van der Waals surface area contributed by atoms with Crippen LogP contribution in [0.3, 0.4) is 0 Å². The molecule has 1 aliphatic heterocycles. The lowest BCUT2D eigenvalue weighted by Crippen LogP contribution is -2.36. The molecule has 3 atom stereocenters. The van der Waals surface area contributed by atoms with Crippen LogP contribution in [0, 0.1) is 0 Å². The normalized spacial score (nSPS) is 24.2. The summed E-state index contributed by atoms with van der Waals surface area (Å²) in [6.07, 6.45) is 1.15. The van der Waals surface area contributed by atoms with Crippen LogP contribution < -0.4 is 15.2 Å². The van der Waals surface area contributed by atoms with E-state index in [1.165, 1.54) is 5.75 Å². The molecule has 112 valence electrons. The highest BCUT2D eigenvalue weighted by Gasteiger charge is 2.33. The van der Waals surface area contributed by atoms with Gasteiger partial charge in [0.05, 0.1) is 25.8 Å². The van der Waals surface area contributed by atoms with Crippen LogP contribution in [0.1, 0.15) is 24.9 Å². The highest BCUT2D eigenvalue weighted by molar-refractivity contribution is 8.07. The van der Waals surface area contributed by atoms with Gasteiger partial charge in [-0.3, -0.25) is 0 Å². The van der Waals surface area contributed by atoms with Crippen molar-refractivity contribution in [3.8, 4) is 11.5 Å². The monoisotopic (exact) mass is 313 g/mol. The first-order valence-electron chi connectivity index (χ1n) is 6.92. The topological polar surface area (TPSA) is 44.5 Å².